The summed E-state index contributed by atoms with van der Waals surface area (Å²) in [4.78, 5) is 6.07. The minimum atomic E-state index is -4.53. The van der Waals surface area contributed by atoms with Crippen LogP contribution < -0.4 is 4.74 Å². The second-order valence-corrected chi connectivity index (χ2v) is 8.60. The predicted molar refractivity (Wildman–Crippen MR) is 107 cm³/mol. The van der Waals surface area contributed by atoms with Crippen molar-refractivity contribution in [1.29, 1.82) is 0 Å². The summed E-state index contributed by atoms with van der Waals surface area (Å²) in [6.07, 6.45) is -1.36. The Morgan fingerprint density at radius 2 is 2.03 bits per heavy atom. The van der Waals surface area contributed by atoms with Crippen LogP contribution in [-0.2, 0) is 17.3 Å². The van der Waals surface area contributed by atoms with E-state index in [-0.39, 0.29) is 5.75 Å². The first-order valence-corrected chi connectivity index (χ1v) is 10.8. The molecule has 1 aliphatic heterocycles. The topological polar surface area (TPSA) is 60.2 Å². The van der Waals surface area contributed by atoms with Crippen LogP contribution in [0.15, 0.2) is 48.8 Å². The van der Waals surface area contributed by atoms with Gasteiger partial charge in [0, 0.05) is 47.5 Å². The smallest absolute Gasteiger partial charge is 0.422 e. The number of pyridine rings is 1. The second kappa shape index (κ2) is 8.75. The van der Waals surface area contributed by atoms with Gasteiger partial charge >= 0.3 is 6.18 Å². The molecular weight excluding hydrogens is 436 g/mol. The Bertz CT molecular complexity index is 1090. The molecule has 1 fully saturated rings. The molecule has 31 heavy (non-hydrogen) atoms. The average Bonchev–Trinajstić information content (AvgIpc) is 3.32. The summed E-state index contributed by atoms with van der Waals surface area (Å²) in [5.74, 6) is 0.0811. The second-order valence-electron chi connectivity index (χ2n) is 7.05. The fraction of sp³-hybridized carbons (Fsp3) is 0.300. The number of ether oxygens (including phenoxy) is 1. The van der Waals surface area contributed by atoms with Gasteiger partial charge in [-0.2, -0.15) is 18.3 Å². The number of rotatable bonds is 6. The summed E-state index contributed by atoms with van der Waals surface area (Å²) in [6, 6.07) is 8.66. The molecule has 6 nitrogen and oxygen atoms in total. The molecule has 11 heteroatoms. The molecular formula is C20H18F4N4O2S. The molecule has 2 aromatic heterocycles. The van der Waals surface area contributed by atoms with E-state index in [1.165, 1.54) is 12.1 Å². The first kappa shape index (κ1) is 21.4. The Balaban J connectivity index is 1.71. The van der Waals surface area contributed by atoms with E-state index >= 15 is 0 Å². The molecule has 0 saturated carbocycles. The van der Waals surface area contributed by atoms with Crippen LogP contribution >= 0.6 is 0 Å². The maximum atomic E-state index is 14.2. The van der Waals surface area contributed by atoms with Gasteiger partial charge in [0.15, 0.2) is 6.61 Å². The molecule has 164 valence electrons. The number of alkyl halides is 3. The molecule has 0 radical (unpaired) electrons. The zero-order chi connectivity index (χ0) is 22.0. The maximum Gasteiger partial charge on any atom is 0.422 e. The third-order valence-electron chi connectivity index (χ3n) is 4.57. The predicted octanol–water partition coefficient (Wildman–Crippen LogP) is 3.54. The lowest BCUT2D eigenvalue weighted by Gasteiger charge is -2.12. The van der Waals surface area contributed by atoms with Gasteiger partial charge in [0.25, 0.3) is 0 Å². The highest BCUT2D eigenvalue weighted by Gasteiger charge is 2.28. The molecule has 1 aromatic carbocycles. The Kier molecular flexibility index (Phi) is 6.05. The Hall–Kier alpha value is -2.79. The first-order chi connectivity index (χ1) is 14.8. The van der Waals surface area contributed by atoms with E-state index in [0.29, 0.717) is 47.4 Å². The van der Waals surface area contributed by atoms with Crippen LogP contribution in [0, 0.1) is 5.82 Å². The summed E-state index contributed by atoms with van der Waals surface area (Å²) < 4.78 is 69.7. The summed E-state index contributed by atoms with van der Waals surface area (Å²) >= 11 is 0. The van der Waals surface area contributed by atoms with Crippen molar-refractivity contribution in [3.05, 3.63) is 60.3 Å². The molecule has 1 saturated heterocycles. The van der Waals surface area contributed by atoms with Crippen molar-refractivity contribution < 1.29 is 26.5 Å². The van der Waals surface area contributed by atoms with Crippen LogP contribution in [0.4, 0.5) is 17.6 Å². The van der Waals surface area contributed by atoms with E-state index < -0.39 is 29.4 Å². The number of hydrogen-bond acceptors (Lipinski definition) is 5. The molecule has 3 aromatic rings. The molecule has 4 rings (SSSR count). The van der Waals surface area contributed by atoms with Gasteiger partial charge in [0.05, 0.1) is 29.1 Å². The van der Waals surface area contributed by atoms with Crippen LogP contribution in [0.5, 0.6) is 5.75 Å². The summed E-state index contributed by atoms with van der Waals surface area (Å²) in [5.41, 5.74) is 2.04. The average molecular weight is 454 g/mol. The molecule has 0 aliphatic carbocycles. The van der Waals surface area contributed by atoms with Gasteiger partial charge in [-0.1, -0.05) is 0 Å². The van der Waals surface area contributed by atoms with Crippen LogP contribution in [0.2, 0.25) is 0 Å². The van der Waals surface area contributed by atoms with E-state index in [9.17, 15) is 21.8 Å². The molecule has 1 atom stereocenters. The quantitative estimate of drug-likeness (QED) is 0.534. The van der Waals surface area contributed by atoms with Gasteiger partial charge in [0.2, 0.25) is 0 Å². The van der Waals surface area contributed by atoms with E-state index in [1.54, 1.807) is 35.3 Å². The Morgan fingerprint density at radius 1 is 1.19 bits per heavy atom. The third kappa shape index (κ3) is 5.47. The van der Waals surface area contributed by atoms with Gasteiger partial charge < -0.3 is 4.74 Å². The minimum absolute atomic E-state index is 0.234. The fourth-order valence-corrected chi connectivity index (χ4v) is 4.48. The van der Waals surface area contributed by atoms with Crippen molar-refractivity contribution >= 4 is 10.8 Å². The lowest BCUT2D eigenvalue weighted by atomic mass is 10.1. The van der Waals surface area contributed by atoms with Crippen molar-refractivity contribution in [3.63, 3.8) is 0 Å². The minimum Gasteiger partial charge on any atom is -0.484 e. The van der Waals surface area contributed by atoms with Crippen LogP contribution in [0.3, 0.4) is 0 Å². The number of aromatic nitrogens is 3. The number of nitrogens with zero attached hydrogens (tertiary/aromatic N) is 4. The molecule has 1 aliphatic rings. The zero-order valence-corrected chi connectivity index (χ0v) is 17.0. The van der Waals surface area contributed by atoms with Crippen LogP contribution in [0.1, 0.15) is 5.69 Å². The SMILES string of the molecule is O=S1CCN(Cc2cc(-c3cc(F)cc(OCC(F)(F)F)c3)n(-c3cccnc3)n2)C1. The lowest BCUT2D eigenvalue weighted by molar-refractivity contribution is -0.153. The molecule has 3 heterocycles. The van der Waals surface area contributed by atoms with Gasteiger partial charge in [-0.3, -0.25) is 14.1 Å². The van der Waals surface area contributed by atoms with Gasteiger partial charge in [-0.15, -0.1) is 0 Å². The lowest BCUT2D eigenvalue weighted by Crippen LogP contribution is -2.19. The van der Waals surface area contributed by atoms with Crippen LogP contribution in [-0.4, -0.2) is 54.8 Å². The highest BCUT2D eigenvalue weighted by molar-refractivity contribution is 7.85. The van der Waals surface area contributed by atoms with Crippen molar-refractivity contribution in [2.24, 2.45) is 0 Å². The van der Waals surface area contributed by atoms with E-state index in [1.807, 2.05) is 4.90 Å². The first-order valence-electron chi connectivity index (χ1n) is 9.34. The Morgan fingerprint density at radius 3 is 2.71 bits per heavy atom. The highest BCUT2D eigenvalue weighted by Crippen LogP contribution is 2.30. The third-order valence-corrected chi connectivity index (χ3v) is 5.86. The van der Waals surface area contributed by atoms with Crippen LogP contribution in [0.25, 0.3) is 16.9 Å². The summed E-state index contributed by atoms with van der Waals surface area (Å²) in [6.45, 7) is -0.398. The van der Waals surface area contributed by atoms with Crippen molar-refractivity contribution in [3.8, 4) is 22.7 Å². The number of benzene rings is 1. The normalized spacial score (nSPS) is 17.2. The largest absolute Gasteiger partial charge is 0.484 e. The van der Waals surface area contributed by atoms with Crippen molar-refractivity contribution in [2.45, 2.75) is 12.7 Å². The van der Waals surface area contributed by atoms with Gasteiger partial charge in [0.1, 0.15) is 11.6 Å². The van der Waals surface area contributed by atoms with Crippen molar-refractivity contribution in [2.75, 3.05) is 24.8 Å². The molecule has 1 unspecified atom stereocenters. The monoisotopic (exact) mass is 454 g/mol. The number of hydrogen-bond donors (Lipinski definition) is 0. The van der Waals surface area contributed by atoms with Gasteiger partial charge in [-0.25, -0.2) is 9.07 Å². The molecule has 0 bridgehead atoms. The number of halogens is 4. The molecule has 0 spiro atoms. The molecule has 0 N–H and O–H groups in total. The van der Waals surface area contributed by atoms with Crippen molar-refractivity contribution in [1.82, 2.24) is 19.7 Å². The zero-order valence-electron chi connectivity index (χ0n) is 16.2. The summed E-state index contributed by atoms with van der Waals surface area (Å²) in [5, 5.41) is 4.58. The molecule has 0 amide bonds. The van der Waals surface area contributed by atoms with E-state index in [4.69, 9.17) is 4.74 Å². The van der Waals surface area contributed by atoms with E-state index in [0.717, 1.165) is 6.07 Å². The maximum absolute atomic E-state index is 14.2. The Labute approximate surface area is 177 Å². The fourth-order valence-electron chi connectivity index (χ4n) is 3.27. The van der Waals surface area contributed by atoms with E-state index in [2.05, 4.69) is 10.1 Å². The standard InChI is InChI=1S/C20H18F4N4O2S/c21-15-6-14(7-18(8-15)30-12-20(22,23)24)19-9-16(11-27-4-5-31(29)13-27)26-28(19)17-2-1-3-25-10-17/h1-3,6-10H,4-5,11-13H2. The van der Waals surface area contributed by atoms with Gasteiger partial charge in [-0.05, 0) is 30.3 Å². The summed E-state index contributed by atoms with van der Waals surface area (Å²) in [7, 11) is -0.890. The highest BCUT2D eigenvalue weighted by atomic mass is 32.2.